The molecule has 2 fully saturated rings. The second-order valence-corrected chi connectivity index (χ2v) is 9.80. The summed E-state index contributed by atoms with van der Waals surface area (Å²) < 4.78 is 41.1. The van der Waals surface area contributed by atoms with Gasteiger partial charge in [0.25, 0.3) is 15.9 Å². The van der Waals surface area contributed by atoms with Gasteiger partial charge in [0.1, 0.15) is 16.4 Å². The minimum Gasteiger partial charge on any atom is -0.356 e. The monoisotopic (exact) mass is 448 g/mol. The molecule has 166 valence electrons. The van der Waals surface area contributed by atoms with E-state index in [-0.39, 0.29) is 34.0 Å². The summed E-state index contributed by atoms with van der Waals surface area (Å²) in [6.45, 7) is 1.49. The van der Waals surface area contributed by atoms with Gasteiger partial charge >= 0.3 is 0 Å². The van der Waals surface area contributed by atoms with Gasteiger partial charge in [-0.1, -0.05) is 12.1 Å². The Bertz CT molecular complexity index is 1080. The number of carbonyl (C=O) groups is 2. The molecule has 1 aromatic heterocycles. The lowest BCUT2D eigenvalue weighted by Gasteiger charge is -2.31. The molecule has 8 nitrogen and oxygen atoms in total. The third-order valence-corrected chi connectivity index (χ3v) is 7.00. The highest BCUT2D eigenvalue weighted by molar-refractivity contribution is 7.92. The standard InChI is InChI=1S/C21H25FN4O4S/c22-17-5-1-2-6-18(17)25-31(29,30)16-10-19(23-12-16)21(28)26-9-3-4-15(13-26)20(27)24-11-14-7-8-14/h1-2,5-6,10,12,14-15,23,25H,3-4,7-9,11,13H2,(H,24,27). The minimum absolute atomic E-state index is 0.0340. The topological polar surface area (TPSA) is 111 Å². The third kappa shape index (κ3) is 5.07. The summed E-state index contributed by atoms with van der Waals surface area (Å²) in [4.78, 5) is 29.4. The van der Waals surface area contributed by atoms with Crippen LogP contribution in [0.3, 0.4) is 0 Å². The van der Waals surface area contributed by atoms with E-state index in [0.717, 1.165) is 25.3 Å². The van der Waals surface area contributed by atoms with Crippen LogP contribution in [0.4, 0.5) is 10.1 Å². The summed E-state index contributed by atoms with van der Waals surface area (Å²) in [5, 5.41) is 2.96. The van der Waals surface area contributed by atoms with E-state index in [1.165, 1.54) is 30.5 Å². The van der Waals surface area contributed by atoms with Crippen LogP contribution in [0.25, 0.3) is 0 Å². The number of halogens is 1. The smallest absolute Gasteiger partial charge is 0.270 e. The number of piperidine rings is 1. The number of aromatic nitrogens is 1. The van der Waals surface area contributed by atoms with E-state index in [1.807, 2.05) is 0 Å². The van der Waals surface area contributed by atoms with Crippen LogP contribution in [0.15, 0.2) is 41.4 Å². The number of nitrogens with zero attached hydrogens (tertiary/aromatic N) is 1. The van der Waals surface area contributed by atoms with E-state index in [2.05, 4.69) is 15.0 Å². The van der Waals surface area contributed by atoms with Gasteiger partial charge in [-0.05, 0) is 49.8 Å². The molecule has 1 saturated carbocycles. The lowest BCUT2D eigenvalue weighted by molar-refractivity contribution is -0.126. The van der Waals surface area contributed by atoms with Crippen LogP contribution in [0.5, 0.6) is 0 Å². The number of para-hydroxylation sites is 1. The fourth-order valence-corrected chi connectivity index (χ4v) is 4.72. The fourth-order valence-electron chi connectivity index (χ4n) is 3.66. The maximum Gasteiger partial charge on any atom is 0.270 e. The second kappa shape index (κ2) is 8.70. The quantitative estimate of drug-likeness (QED) is 0.604. The van der Waals surface area contributed by atoms with Crippen LogP contribution < -0.4 is 10.0 Å². The van der Waals surface area contributed by atoms with Crippen LogP contribution in [0.2, 0.25) is 0 Å². The number of hydrogen-bond acceptors (Lipinski definition) is 4. The number of amides is 2. The average Bonchev–Trinajstić information content (AvgIpc) is 3.45. The number of carbonyl (C=O) groups excluding carboxylic acids is 2. The van der Waals surface area contributed by atoms with Crippen molar-refractivity contribution >= 4 is 27.5 Å². The lowest BCUT2D eigenvalue weighted by Crippen LogP contribution is -2.45. The summed E-state index contributed by atoms with van der Waals surface area (Å²) in [5.74, 6) is -0.780. The molecule has 1 unspecified atom stereocenters. The first-order valence-corrected chi connectivity index (χ1v) is 11.8. The molecule has 2 aromatic rings. The number of likely N-dealkylation sites (tertiary alicyclic amines) is 1. The average molecular weight is 449 g/mol. The highest BCUT2D eigenvalue weighted by Crippen LogP contribution is 2.28. The van der Waals surface area contributed by atoms with Gasteiger partial charge in [0.2, 0.25) is 5.91 Å². The Labute approximate surface area is 180 Å². The van der Waals surface area contributed by atoms with Crippen LogP contribution in [0.1, 0.15) is 36.2 Å². The fraction of sp³-hybridized carbons (Fsp3) is 0.429. The van der Waals surface area contributed by atoms with Crippen molar-refractivity contribution < 1.29 is 22.4 Å². The highest BCUT2D eigenvalue weighted by Gasteiger charge is 2.31. The summed E-state index contributed by atoms with van der Waals surface area (Å²) in [6, 6.07) is 6.66. The predicted octanol–water partition coefficient (Wildman–Crippen LogP) is 2.33. The van der Waals surface area contributed by atoms with Crippen molar-refractivity contribution in [2.75, 3.05) is 24.4 Å². The third-order valence-electron chi connectivity index (χ3n) is 5.66. The number of nitrogens with one attached hydrogen (secondary N) is 3. The van der Waals surface area contributed by atoms with E-state index >= 15 is 0 Å². The molecule has 1 aromatic carbocycles. The van der Waals surface area contributed by atoms with E-state index in [1.54, 1.807) is 4.90 Å². The molecule has 1 aliphatic heterocycles. The number of sulfonamides is 1. The largest absolute Gasteiger partial charge is 0.356 e. The predicted molar refractivity (Wildman–Crippen MR) is 112 cm³/mol. The van der Waals surface area contributed by atoms with Gasteiger partial charge in [-0.25, -0.2) is 12.8 Å². The minimum atomic E-state index is -4.07. The van der Waals surface area contributed by atoms with E-state index in [4.69, 9.17) is 0 Å². The number of H-pyrrole nitrogens is 1. The van der Waals surface area contributed by atoms with Crippen molar-refractivity contribution in [3.63, 3.8) is 0 Å². The summed E-state index contributed by atoms with van der Waals surface area (Å²) >= 11 is 0. The van der Waals surface area contributed by atoms with Gasteiger partial charge in [-0.3, -0.25) is 14.3 Å². The Morgan fingerprint density at radius 2 is 1.97 bits per heavy atom. The molecule has 2 heterocycles. The van der Waals surface area contributed by atoms with Crippen molar-refractivity contribution in [3.05, 3.63) is 48.0 Å². The first kappa shape index (κ1) is 21.4. The molecule has 2 aliphatic rings. The van der Waals surface area contributed by atoms with Crippen molar-refractivity contribution in [2.45, 2.75) is 30.6 Å². The second-order valence-electron chi connectivity index (χ2n) is 8.11. The van der Waals surface area contributed by atoms with Crippen LogP contribution in [-0.4, -0.2) is 49.8 Å². The van der Waals surface area contributed by atoms with Crippen molar-refractivity contribution in [2.24, 2.45) is 11.8 Å². The molecule has 1 saturated heterocycles. The first-order valence-electron chi connectivity index (χ1n) is 10.4. The molecule has 1 aliphatic carbocycles. The van der Waals surface area contributed by atoms with Gasteiger partial charge < -0.3 is 15.2 Å². The zero-order valence-corrected chi connectivity index (χ0v) is 17.8. The number of hydrogen-bond donors (Lipinski definition) is 3. The van der Waals surface area contributed by atoms with Gasteiger partial charge in [-0.15, -0.1) is 0 Å². The maximum absolute atomic E-state index is 13.8. The van der Waals surface area contributed by atoms with Crippen LogP contribution in [0, 0.1) is 17.7 Å². The molecule has 0 spiro atoms. The van der Waals surface area contributed by atoms with Crippen molar-refractivity contribution in [1.29, 1.82) is 0 Å². The molecule has 1 atom stereocenters. The number of benzene rings is 1. The normalized spacial score (nSPS) is 19.1. The van der Waals surface area contributed by atoms with Crippen LogP contribution >= 0.6 is 0 Å². The molecule has 31 heavy (non-hydrogen) atoms. The summed E-state index contributed by atoms with van der Waals surface area (Å²) in [5.41, 5.74) is -0.0689. The Kier molecular flexibility index (Phi) is 5.99. The molecule has 10 heteroatoms. The zero-order valence-electron chi connectivity index (χ0n) is 16.9. The van der Waals surface area contributed by atoms with E-state index in [9.17, 15) is 22.4 Å². The van der Waals surface area contributed by atoms with Gasteiger partial charge in [0, 0.05) is 25.8 Å². The lowest BCUT2D eigenvalue weighted by atomic mass is 9.97. The Morgan fingerprint density at radius 1 is 1.19 bits per heavy atom. The van der Waals surface area contributed by atoms with E-state index < -0.39 is 15.8 Å². The summed E-state index contributed by atoms with van der Waals surface area (Å²) in [6.07, 6.45) is 4.92. The van der Waals surface area contributed by atoms with Crippen molar-refractivity contribution in [3.8, 4) is 0 Å². The van der Waals surface area contributed by atoms with Gasteiger partial charge in [-0.2, -0.15) is 0 Å². The van der Waals surface area contributed by atoms with E-state index in [0.29, 0.717) is 32.0 Å². The molecule has 0 bridgehead atoms. The van der Waals surface area contributed by atoms with Gasteiger partial charge in [0.05, 0.1) is 11.6 Å². The number of rotatable bonds is 7. The highest BCUT2D eigenvalue weighted by atomic mass is 32.2. The number of anilines is 1. The Hall–Kier alpha value is -2.88. The van der Waals surface area contributed by atoms with Crippen LogP contribution in [-0.2, 0) is 14.8 Å². The first-order chi connectivity index (χ1) is 14.8. The maximum atomic E-state index is 13.8. The SMILES string of the molecule is O=C(NCC1CC1)C1CCCN(C(=O)c2cc(S(=O)(=O)Nc3ccccc3F)c[nH]2)C1. The molecular weight excluding hydrogens is 423 g/mol. The zero-order chi connectivity index (χ0) is 22.0. The molecule has 2 amide bonds. The molecule has 4 rings (SSSR count). The van der Waals surface area contributed by atoms with Crippen molar-refractivity contribution in [1.82, 2.24) is 15.2 Å². The number of aromatic amines is 1. The molecular formula is C21H25FN4O4S. The molecule has 0 radical (unpaired) electrons. The van der Waals surface area contributed by atoms with Gasteiger partial charge in [0.15, 0.2) is 0 Å². The Morgan fingerprint density at radius 3 is 2.71 bits per heavy atom. The Balaban J connectivity index is 1.41. The summed E-state index contributed by atoms with van der Waals surface area (Å²) in [7, 11) is -4.07. The molecule has 3 N–H and O–H groups in total.